The Labute approximate surface area is 106 Å². The van der Waals surface area contributed by atoms with E-state index in [9.17, 15) is 4.79 Å². The third-order valence-electron chi connectivity index (χ3n) is 2.18. The lowest BCUT2D eigenvalue weighted by molar-refractivity contribution is -0.113. The Balaban J connectivity index is 1.91. The number of amides is 1. The van der Waals surface area contributed by atoms with Crippen molar-refractivity contribution in [2.24, 2.45) is 10.2 Å². The number of rotatable bonds is 3. The number of carbonyl (C=O) groups excluding carboxylic acids is 1. The fourth-order valence-electron chi connectivity index (χ4n) is 1.38. The van der Waals surface area contributed by atoms with Crippen molar-refractivity contribution in [3.8, 4) is 5.69 Å². The van der Waals surface area contributed by atoms with E-state index in [1.165, 1.54) is 6.20 Å². The molecule has 2 heterocycles. The Kier molecular flexibility index (Phi) is 2.69. The molecule has 0 aliphatic carbocycles. The van der Waals surface area contributed by atoms with Gasteiger partial charge in [0, 0.05) is 0 Å². The summed E-state index contributed by atoms with van der Waals surface area (Å²) in [6.07, 6.45) is 1.40. The summed E-state index contributed by atoms with van der Waals surface area (Å²) in [5.74, 6) is -0.373. The van der Waals surface area contributed by atoms with Gasteiger partial charge in [-0.3, -0.25) is 4.79 Å². The number of aromatic nitrogens is 4. The molecule has 0 fully saturated rings. The predicted molar refractivity (Wildman–Crippen MR) is 63.0 cm³/mol. The van der Waals surface area contributed by atoms with Gasteiger partial charge in [-0.25, -0.2) is 0 Å². The van der Waals surface area contributed by atoms with Crippen LogP contribution in [0.25, 0.3) is 5.69 Å². The van der Waals surface area contributed by atoms with Crippen LogP contribution < -0.4 is 0 Å². The van der Waals surface area contributed by atoms with Crippen molar-refractivity contribution in [1.82, 2.24) is 20.2 Å². The van der Waals surface area contributed by atoms with Gasteiger partial charge in [-0.1, -0.05) is 18.2 Å². The van der Waals surface area contributed by atoms with Crippen LogP contribution in [0.3, 0.4) is 0 Å². The Morgan fingerprint density at radius 1 is 1.17 bits per heavy atom. The van der Waals surface area contributed by atoms with Crippen LogP contribution >= 0.6 is 11.8 Å². The summed E-state index contributed by atoms with van der Waals surface area (Å²) in [4.78, 5) is 11.7. The highest BCUT2D eigenvalue weighted by molar-refractivity contribution is 8.03. The molecular formula is C10H6N6OS. The van der Waals surface area contributed by atoms with E-state index in [0.29, 0.717) is 10.1 Å². The van der Waals surface area contributed by atoms with Crippen molar-refractivity contribution in [1.29, 1.82) is 0 Å². The molecule has 1 aliphatic rings. The Bertz CT molecular complexity index is 647. The van der Waals surface area contributed by atoms with Crippen LogP contribution in [0.5, 0.6) is 0 Å². The average Bonchev–Trinajstić information content (AvgIpc) is 3.01. The highest BCUT2D eigenvalue weighted by atomic mass is 32.2. The minimum absolute atomic E-state index is 0.373. The molecule has 0 atom stereocenters. The minimum Gasteiger partial charge on any atom is -0.264 e. The molecule has 0 saturated carbocycles. The molecule has 3 rings (SSSR count). The number of hydrogen-bond acceptors (Lipinski definition) is 6. The maximum Gasteiger partial charge on any atom is 0.303 e. The van der Waals surface area contributed by atoms with Crippen molar-refractivity contribution in [2.75, 3.05) is 0 Å². The van der Waals surface area contributed by atoms with Crippen molar-refractivity contribution in [2.45, 2.75) is 5.16 Å². The summed E-state index contributed by atoms with van der Waals surface area (Å²) in [6, 6.07) is 9.42. The van der Waals surface area contributed by atoms with Gasteiger partial charge >= 0.3 is 5.91 Å². The van der Waals surface area contributed by atoms with Crippen molar-refractivity contribution < 1.29 is 4.79 Å². The van der Waals surface area contributed by atoms with E-state index in [1.54, 1.807) is 4.68 Å². The molecule has 0 N–H and O–H groups in total. The first-order valence-corrected chi connectivity index (χ1v) is 5.83. The van der Waals surface area contributed by atoms with E-state index in [4.69, 9.17) is 0 Å². The lowest BCUT2D eigenvalue weighted by atomic mass is 10.3. The highest BCUT2D eigenvalue weighted by Gasteiger charge is 2.19. The van der Waals surface area contributed by atoms with Crippen LogP contribution in [0.1, 0.15) is 0 Å². The van der Waals surface area contributed by atoms with E-state index in [-0.39, 0.29) is 5.91 Å². The largest absolute Gasteiger partial charge is 0.303 e. The number of nitrogens with zero attached hydrogens (tertiary/aromatic N) is 6. The molecule has 1 aromatic carbocycles. The molecule has 0 saturated heterocycles. The fourth-order valence-corrected chi connectivity index (χ4v) is 2.11. The summed E-state index contributed by atoms with van der Waals surface area (Å²) in [5, 5.41) is 18.8. The maximum absolute atomic E-state index is 11.3. The van der Waals surface area contributed by atoms with Crippen molar-refractivity contribution in [3.63, 3.8) is 0 Å². The molecule has 0 unspecified atom stereocenters. The summed E-state index contributed by atoms with van der Waals surface area (Å²) in [6.45, 7) is 0. The number of carbonyl (C=O) groups is 1. The zero-order chi connectivity index (χ0) is 12.4. The highest BCUT2D eigenvalue weighted by Crippen LogP contribution is 2.29. The van der Waals surface area contributed by atoms with E-state index in [2.05, 4.69) is 25.8 Å². The van der Waals surface area contributed by atoms with Crippen molar-refractivity contribution in [3.05, 3.63) is 41.4 Å². The lowest BCUT2D eigenvalue weighted by Gasteiger charge is -2.02. The van der Waals surface area contributed by atoms with Crippen LogP contribution in [-0.2, 0) is 4.79 Å². The molecule has 1 amide bonds. The molecule has 0 spiro atoms. The minimum atomic E-state index is -0.373. The number of benzene rings is 1. The molecule has 2 aromatic rings. The first-order chi connectivity index (χ1) is 8.84. The van der Waals surface area contributed by atoms with Gasteiger partial charge in [-0.15, -0.1) is 10.2 Å². The molecule has 0 radical (unpaired) electrons. The van der Waals surface area contributed by atoms with E-state index in [1.807, 2.05) is 30.3 Å². The smallest absolute Gasteiger partial charge is 0.264 e. The summed E-state index contributed by atoms with van der Waals surface area (Å²) in [5.41, 5.74) is 0.824. The normalized spacial score (nSPS) is 14.0. The lowest BCUT2D eigenvalue weighted by Crippen LogP contribution is -1.99. The zero-order valence-electron chi connectivity index (χ0n) is 8.96. The van der Waals surface area contributed by atoms with Crippen molar-refractivity contribution >= 4 is 17.7 Å². The van der Waals surface area contributed by atoms with Crippen LogP contribution in [0.2, 0.25) is 0 Å². The average molecular weight is 258 g/mol. The van der Waals surface area contributed by atoms with Gasteiger partial charge < -0.3 is 0 Å². The SMILES string of the molecule is O=C1N=NC=C1Sc1nnnn1-c1ccccc1. The Morgan fingerprint density at radius 3 is 2.72 bits per heavy atom. The molecule has 1 aromatic heterocycles. The summed E-state index contributed by atoms with van der Waals surface area (Å²) in [7, 11) is 0. The van der Waals surface area contributed by atoms with Gasteiger partial charge in [0.2, 0.25) is 5.16 Å². The monoisotopic (exact) mass is 258 g/mol. The summed E-state index contributed by atoms with van der Waals surface area (Å²) >= 11 is 1.14. The summed E-state index contributed by atoms with van der Waals surface area (Å²) < 4.78 is 1.55. The van der Waals surface area contributed by atoms with E-state index in [0.717, 1.165) is 17.4 Å². The predicted octanol–water partition coefficient (Wildman–Crippen LogP) is 1.59. The molecule has 18 heavy (non-hydrogen) atoms. The molecule has 0 bridgehead atoms. The van der Waals surface area contributed by atoms with Crippen LogP contribution in [0.15, 0.2) is 56.8 Å². The second-order valence-corrected chi connectivity index (χ2v) is 4.33. The third kappa shape index (κ3) is 1.93. The standard InChI is InChI=1S/C10H6N6OS/c17-9-8(6-11-12-9)18-10-13-14-15-16(10)7-4-2-1-3-5-7/h1-6H. The third-order valence-corrected chi connectivity index (χ3v) is 3.11. The first kappa shape index (κ1) is 10.8. The van der Waals surface area contributed by atoms with Gasteiger partial charge in [-0.2, -0.15) is 9.80 Å². The molecule has 88 valence electrons. The van der Waals surface area contributed by atoms with Gasteiger partial charge in [0.15, 0.2) is 0 Å². The second-order valence-electron chi connectivity index (χ2n) is 3.32. The quantitative estimate of drug-likeness (QED) is 0.834. The van der Waals surface area contributed by atoms with E-state index >= 15 is 0 Å². The zero-order valence-corrected chi connectivity index (χ0v) is 9.78. The Morgan fingerprint density at radius 2 is 2.00 bits per heavy atom. The van der Waals surface area contributed by atoms with E-state index < -0.39 is 0 Å². The van der Waals surface area contributed by atoms with Crippen LogP contribution in [0.4, 0.5) is 0 Å². The second kappa shape index (κ2) is 4.49. The fraction of sp³-hybridized carbons (Fsp3) is 0. The number of azo groups is 1. The molecule has 1 aliphatic heterocycles. The number of para-hydroxylation sites is 1. The Hall–Kier alpha value is -2.35. The van der Waals surface area contributed by atoms with Gasteiger partial charge in [0.05, 0.1) is 11.9 Å². The number of thioether (sulfide) groups is 1. The van der Waals surface area contributed by atoms with Gasteiger partial charge in [0.1, 0.15) is 4.91 Å². The molecular weight excluding hydrogens is 252 g/mol. The van der Waals surface area contributed by atoms with Crippen LogP contribution in [0, 0.1) is 0 Å². The number of hydrogen-bond donors (Lipinski definition) is 0. The van der Waals surface area contributed by atoms with Gasteiger partial charge in [0.25, 0.3) is 0 Å². The first-order valence-electron chi connectivity index (χ1n) is 5.01. The molecule has 7 nitrogen and oxygen atoms in total. The van der Waals surface area contributed by atoms with Crippen LogP contribution in [-0.4, -0.2) is 26.1 Å². The topological polar surface area (TPSA) is 85.4 Å². The number of tetrazole rings is 1. The maximum atomic E-state index is 11.3. The molecule has 8 heteroatoms. The van der Waals surface area contributed by atoms with Gasteiger partial charge in [-0.05, 0) is 34.3 Å².